The van der Waals surface area contributed by atoms with Crippen molar-refractivity contribution >= 4 is 28.9 Å². The molecular formula is C30H38O7. The van der Waals surface area contributed by atoms with E-state index in [0.717, 1.165) is 47.1 Å². The standard InChI is InChI=1S/C30H38O7/c1-7-8-14-24(34-4)26-20(3)37-25-18-30(28(32)35-5,29(33)36-6)17-23(27(25)26)22(16-15-19(2)31)21-12-10-9-11-13-21/h9-13,24H,7-8,14-18H2,1-6H3/b23-22+. The number of rotatable bonds is 11. The quantitative estimate of drug-likeness (QED) is 0.269. The molecule has 0 radical (unpaired) electrons. The van der Waals surface area contributed by atoms with E-state index in [1.807, 2.05) is 37.3 Å². The summed E-state index contributed by atoms with van der Waals surface area (Å²) in [5, 5.41) is 0. The van der Waals surface area contributed by atoms with Crippen LogP contribution in [0.2, 0.25) is 0 Å². The van der Waals surface area contributed by atoms with Crippen molar-refractivity contribution in [3.8, 4) is 0 Å². The fourth-order valence-corrected chi connectivity index (χ4v) is 5.39. The lowest BCUT2D eigenvalue weighted by Crippen LogP contribution is -2.45. The average Bonchev–Trinajstić information content (AvgIpc) is 3.23. The van der Waals surface area contributed by atoms with E-state index >= 15 is 0 Å². The Labute approximate surface area is 219 Å². The Morgan fingerprint density at radius 3 is 2.19 bits per heavy atom. The average molecular weight is 511 g/mol. The Morgan fingerprint density at radius 1 is 1.00 bits per heavy atom. The summed E-state index contributed by atoms with van der Waals surface area (Å²) >= 11 is 0. The van der Waals surface area contributed by atoms with Crippen molar-refractivity contribution in [3.05, 3.63) is 58.5 Å². The lowest BCUT2D eigenvalue weighted by Gasteiger charge is -2.34. The number of carbonyl (C=O) groups is 3. The summed E-state index contributed by atoms with van der Waals surface area (Å²) in [4.78, 5) is 38.5. The van der Waals surface area contributed by atoms with Crippen LogP contribution in [0.3, 0.4) is 0 Å². The third-order valence-electron chi connectivity index (χ3n) is 7.24. The SMILES string of the molecule is CCCCC(OC)c1c(C)oc2c1/C(=C(\CCC(C)=O)c1ccccc1)CC(C(=O)OC)(C(=O)OC)C2. The van der Waals surface area contributed by atoms with Gasteiger partial charge in [0.1, 0.15) is 17.3 Å². The number of aryl methyl sites for hydroxylation is 1. The lowest BCUT2D eigenvalue weighted by molar-refractivity contribution is -0.169. The molecule has 0 saturated carbocycles. The fraction of sp³-hybridized carbons (Fsp3) is 0.500. The first kappa shape index (κ1) is 28.4. The van der Waals surface area contributed by atoms with Gasteiger partial charge in [-0.25, -0.2) is 0 Å². The summed E-state index contributed by atoms with van der Waals surface area (Å²) in [6.07, 6.45) is 3.44. The third kappa shape index (κ3) is 5.72. The van der Waals surface area contributed by atoms with Crippen LogP contribution in [0, 0.1) is 12.3 Å². The molecule has 200 valence electrons. The van der Waals surface area contributed by atoms with Gasteiger partial charge in [-0.1, -0.05) is 50.1 Å². The molecule has 7 heteroatoms. The molecule has 37 heavy (non-hydrogen) atoms. The zero-order valence-corrected chi connectivity index (χ0v) is 22.8. The zero-order chi connectivity index (χ0) is 27.2. The maximum absolute atomic E-state index is 13.2. The Kier molecular flexibility index (Phi) is 9.49. The molecule has 0 fully saturated rings. The number of fused-ring (bicyclic) bond motifs is 1. The van der Waals surface area contributed by atoms with Crippen molar-refractivity contribution in [2.24, 2.45) is 5.41 Å². The minimum Gasteiger partial charge on any atom is -0.468 e. The van der Waals surface area contributed by atoms with E-state index in [4.69, 9.17) is 18.6 Å². The smallest absolute Gasteiger partial charge is 0.324 e. The number of unbranched alkanes of at least 4 members (excludes halogenated alkanes) is 1. The number of methoxy groups -OCH3 is 3. The number of Topliss-reactive ketones (excluding diaryl/α,β-unsaturated/α-hetero) is 1. The Morgan fingerprint density at radius 2 is 1.65 bits per heavy atom. The van der Waals surface area contributed by atoms with Crippen LogP contribution in [-0.4, -0.2) is 39.1 Å². The number of ether oxygens (including phenoxy) is 3. The minimum absolute atomic E-state index is 0.0189. The van der Waals surface area contributed by atoms with E-state index in [1.165, 1.54) is 14.2 Å². The topological polar surface area (TPSA) is 92.0 Å². The molecule has 1 aliphatic rings. The number of esters is 2. The van der Waals surface area contributed by atoms with Crippen LogP contribution < -0.4 is 0 Å². The molecule has 1 aromatic heterocycles. The Bertz CT molecular complexity index is 1140. The number of carbonyl (C=O) groups excluding carboxylic acids is 3. The van der Waals surface area contributed by atoms with E-state index in [2.05, 4.69) is 6.92 Å². The van der Waals surface area contributed by atoms with Gasteiger partial charge in [-0.3, -0.25) is 9.59 Å². The van der Waals surface area contributed by atoms with Gasteiger partial charge in [0.05, 0.1) is 20.3 Å². The number of furan rings is 1. The van der Waals surface area contributed by atoms with Crippen molar-refractivity contribution < 1.29 is 33.0 Å². The molecule has 0 amide bonds. The molecule has 0 saturated heterocycles. The number of ketones is 1. The lowest BCUT2D eigenvalue weighted by atomic mass is 9.68. The summed E-state index contributed by atoms with van der Waals surface area (Å²) in [6, 6.07) is 9.75. The molecule has 1 heterocycles. The van der Waals surface area contributed by atoms with Gasteiger partial charge >= 0.3 is 11.9 Å². The summed E-state index contributed by atoms with van der Waals surface area (Å²) in [7, 11) is 4.22. The van der Waals surface area contributed by atoms with Gasteiger partial charge in [0.25, 0.3) is 0 Å². The number of benzene rings is 1. The number of allylic oxidation sites excluding steroid dienone is 2. The Hall–Kier alpha value is -3.19. The summed E-state index contributed by atoms with van der Waals surface area (Å²) < 4.78 is 22.5. The van der Waals surface area contributed by atoms with Gasteiger partial charge in [-0.2, -0.15) is 0 Å². The van der Waals surface area contributed by atoms with Crippen LogP contribution in [0.15, 0.2) is 34.7 Å². The molecular weight excluding hydrogens is 472 g/mol. The summed E-state index contributed by atoms with van der Waals surface area (Å²) in [6.45, 7) is 5.58. The van der Waals surface area contributed by atoms with E-state index in [0.29, 0.717) is 24.4 Å². The largest absolute Gasteiger partial charge is 0.468 e. The van der Waals surface area contributed by atoms with Gasteiger partial charge in [0, 0.05) is 37.5 Å². The molecule has 0 spiro atoms. The van der Waals surface area contributed by atoms with E-state index in [9.17, 15) is 14.4 Å². The first-order valence-corrected chi connectivity index (χ1v) is 12.8. The maximum Gasteiger partial charge on any atom is 0.324 e. The highest BCUT2D eigenvalue weighted by Crippen LogP contribution is 2.51. The fourth-order valence-electron chi connectivity index (χ4n) is 5.39. The van der Waals surface area contributed by atoms with Crippen molar-refractivity contribution in [1.82, 2.24) is 0 Å². The Balaban J connectivity index is 2.40. The van der Waals surface area contributed by atoms with Crippen LogP contribution in [0.1, 0.15) is 86.7 Å². The van der Waals surface area contributed by atoms with Gasteiger partial charge in [0.2, 0.25) is 0 Å². The molecule has 1 unspecified atom stereocenters. The first-order valence-electron chi connectivity index (χ1n) is 12.8. The molecule has 3 rings (SSSR count). The van der Waals surface area contributed by atoms with Crippen molar-refractivity contribution in [2.45, 2.75) is 71.8 Å². The minimum atomic E-state index is -1.60. The van der Waals surface area contributed by atoms with Gasteiger partial charge in [-0.15, -0.1) is 0 Å². The molecule has 1 aliphatic carbocycles. The highest BCUT2D eigenvalue weighted by molar-refractivity contribution is 6.06. The van der Waals surface area contributed by atoms with Gasteiger partial charge in [0.15, 0.2) is 5.41 Å². The number of hydrogen-bond donors (Lipinski definition) is 0. The maximum atomic E-state index is 13.2. The monoisotopic (exact) mass is 510 g/mol. The molecule has 1 aromatic carbocycles. The van der Waals surface area contributed by atoms with Crippen LogP contribution in [0.5, 0.6) is 0 Å². The van der Waals surface area contributed by atoms with E-state index < -0.39 is 17.4 Å². The molecule has 0 aliphatic heterocycles. The second-order valence-corrected chi connectivity index (χ2v) is 9.68. The van der Waals surface area contributed by atoms with Crippen LogP contribution in [0.25, 0.3) is 11.1 Å². The predicted octanol–water partition coefficient (Wildman–Crippen LogP) is 6.02. The second kappa shape index (κ2) is 12.4. The first-order chi connectivity index (χ1) is 17.7. The summed E-state index contributed by atoms with van der Waals surface area (Å²) in [5.74, 6) is -0.0781. The molecule has 7 nitrogen and oxygen atoms in total. The normalized spacial score (nSPS) is 16.5. The second-order valence-electron chi connectivity index (χ2n) is 9.68. The van der Waals surface area contributed by atoms with Crippen LogP contribution >= 0.6 is 0 Å². The highest BCUT2D eigenvalue weighted by Gasteiger charge is 2.54. The molecule has 0 bridgehead atoms. The third-order valence-corrected chi connectivity index (χ3v) is 7.24. The van der Waals surface area contributed by atoms with Crippen LogP contribution in [0.4, 0.5) is 0 Å². The van der Waals surface area contributed by atoms with E-state index in [1.54, 1.807) is 14.0 Å². The van der Waals surface area contributed by atoms with Gasteiger partial charge in [-0.05, 0) is 43.4 Å². The van der Waals surface area contributed by atoms with E-state index in [-0.39, 0.29) is 24.7 Å². The van der Waals surface area contributed by atoms with Gasteiger partial charge < -0.3 is 23.4 Å². The molecule has 2 aromatic rings. The highest BCUT2D eigenvalue weighted by atomic mass is 16.5. The van der Waals surface area contributed by atoms with Crippen molar-refractivity contribution in [3.63, 3.8) is 0 Å². The van der Waals surface area contributed by atoms with Crippen LogP contribution in [-0.2, 0) is 35.0 Å². The summed E-state index contributed by atoms with van der Waals surface area (Å²) in [5.41, 5.74) is 2.79. The zero-order valence-electron chi connectivity index (χ0n) is 22.8. The molecule has 1 atom stereocenters. The predicted molar refractivity (Wildman–Crippen MR) is 141 cm³/mol. The van der Waals surface area contributed by atoms with Crippen molar-refractivity contribution in [2.75, 3.05) is 21.3 Å². The van der Waals surface area contributed by atoms with Crippen molar-refractivity contribution in [1.29, 1.82) is 0 Å². The molecule has 0 N–H and O–H groups in total. The number of hydrogen-bond acceptors (Lipinski definition) is 7.